The topological polar surface area (TPSA) is 67.7 Å². The van der Waals surface area contributed by atoms with E-state index >= 15 is 0 Å². The molecule has 1 atom stereocenters. The SMILES string of the molecule is O=C(c1cnn(-c2cccc(C(F)(F)F)c2)c1C(F)(F)F)N1CCN(C(=O)C2CCCO2)CC1. The molecule has 34 heavy (non-hydrogen) atoms. The second kappa shape index (κ2) is 8.93. The lowest BCUT2D eigenvalue weighted by molar-refractivity contribution is -0.143. The number of benzene rings is 1. The minimum atomic E-state index is -5.06. The fraction of sp³-hybridized carbons (Fsp3) is 0.476. The maximum Gasteiger partial charge on any atom is 0.434 e. The molecule has 184 valence electrons. The van der Waals surface area contributed by atoms with Crippen LogP contribution in [0.4, 0.5) is 26.3 Å². The predicted octanol–water partition coefficient (Wildman–Crippen LogP) is 3.37. The highest BCUT2D eigenvalue weighted by Crippen LogP contribution is 2.36. The summed E-state index contributed by atoms with van der Waals surface area (Å²) in [6.45, 7) is 0.763. The van der Waals surface area contributed by atoms with Crippen molar-refractivity contribution in [3.05, 3.63) is 47.3 Å². The van der Waals surface area contributed by atoms with Crippen molar-refractivity contribution in [3.63, 3.8) is 0 Å². The zero-order chi connectivity index (χ0) is 24.7. The summed E-state index contributed by atoms with van der Waals surface area (Å²) in [5.41, 5.74) is -3.86. The molecule has 0 aliphatic carbocycles. The van der Waals surface area contributed by atoms with Crippen LogP contribution < -0.4 is 0 Å². The third-order valence-electron chi connectivity index (χ3n) is 5.77. The minimum absolute atomic E-state index is 0.00330. The molecule has 0 saturated carbocycles. The van der Waals surface area contributed by atoms with E-state index in [1.807, 2.05) is 0 Å². The van der Waals surface area contributed by atoms with Crippen molar-refractivity contribution in [2.45, 2.75) is 31.3 Å². The number of ether oxygens (including phenoxy) is 1. The van der Waals surface area contributed by atoms with E-state index < -0.39 is 46.9 Å². The lowest BCUT2D eigenvalue weighted by Crippen LogP contribution is -2.53. The van der Waals surface area contributed by atoms with Gasteiger partial charge < -0.3 is 14.5 Å². The molecule has 1 unspecified atom stereocenters. The molecule has 0 N–H and O–H groups in total. The third kappa shape index (κ3) is 4.74. The molecule has 0 radical (unpaired) electrons. The summed E-state index contributed by atoms with van der Waals surface area (Å²) < 4.78 is 86.5. The molecule has 2 aliphatic rings. The summed E-state index contributed by atoms with van der Waals surface area (Å²) in [5.74, 6) is -1.17. The Bertz CT molecular complexity index is 1070. The maximum atomic E-state index is 13.9. The van der Waals surface area contributed by atoms with Crippen LogP contribution in [0, 0.1) is 0 Å². The van der Waals surface area contributed by atoms with Crippen molar-refractivity contribution >= 4 is 11.8 Å². The summed E-state index contributed by atoms with van der Waals surface area (Å²) in [6, 6.07) is 3.27. The standard InChI is InChI=1S/C21H20F6N4O3/c22-20(23,24)13-3-1-4-14(11-13)31-17(21(25,26)27)15(12-28-31)18(32)29-6-8-30(9-7-29)19(33)16-5-2-10-34-16/h1,3-4,11-12,16H,2,5-10H2. The second-order valence-corrected chi connectivity index (χ2v) is 7.98. The van der Waals surface area contributed by atoms with Crippen molar-refractivity contribution in [1.82, 2.24) is 19.6 Å². The molecule has 13 heteroatoms. The highest BCUT2D eigenvalue weighted by Gasteiger charge is 2.42. The molecule has 0 bridgehead atoms. The summed E-state index contributed by atoms with van der Waals surface area (Å²) in [5, 5.41) is 3.59. The van der Waals surface area contributed by atoms with Gasteiger partial charge in [-0.25, -0.2) is 4.68 Å². The Labute approximate surface area is 189 Å². The van der Waals surface area contributed by atoms with Crippen LogP contribution in [0.1, 0.15) is 34.5 Å². The Balaban J connectivity index is 1.56. The van der Waals surface area contributed by atoms with E-state index in [-0.39, 0.29) is 32.1 Å². The fourth-order valence-corrected chi connectivity index (χ4v) is 4.06. The van der Waals surface area contributed by atoms with E-state index in [2.05, 4.69) is 5.10 Å². The highest BCUT2D eigenvalue weighted by molar-refractivity contribution is 5.95. The van der Waals surface area contributed by atoms with Crippen molar-refractivity contribution in [2.24, 2.45) is 0 Å². The predicted molar refractivity (Wildman–Crippen MR) is 105 cm³/mol. The van der Waals surface area contributed by atoms with Crippen molar-refractivity contribution < 1.29 is 40.7 Å². The van der Waals surface area contributed by atoms with E-state index in [9.17, 15) is 35.9 Å². The van der Waals surface area contributed by atoms with Crippen LogP contribution in [-0.4, -0.2) is 70.3 Å². The maximum absolute atomic E-state index is 13.9. The smallest absolute Gasteiger partial charge is 0.368 e. The first kappa shape index (κ1) is 24.0. The van der Waals surface area contributed by atoms with Crippen LogP contribution in [0.15, 0.2) is 30.5 Å². The number of alkyl halides is 6. The van der Waals surface area contributed by atoms with Gasteiger partial charge in [0.2, 0.25) is 0 Å². The highest BCUT2D eigenvalue weighted by atomic mass is 19.4. The lowest BCUT2D eigenvalue weighted by Gasteiger charge is -2.35. The number of carbonyl (C=O) groups is 2. The summed E-state index contributed by atoms with van der Waals surface area (Å²) in [7, 11) is 0. The van der Waals surface area contributed by atoms with Gasteiger partial charge in [0.15, 0.2) is 5.69 Å². The number of halogens is 6. The summed E-state index contributed by atoms with van der Waals surface area (Å²) >= 11 is 0. The molecule has 4 rings (SSSR count). The third-order valence-corrected chi connectivity index (χ3v) is 5.77. The van der Waals surface area contributed by atoms with Crippen molar-refractivity contribution in [1.29, 1.82) is 0 Å². The normalized spacial score (nSPS) is 19.5. The number of rotatable bonds is 3. The molecule has 3 heterocycles. The van der Waals surface area contributed by atoms with Crippen molar-refractivity contribution in [3.8, 4) is 5.69 Å². The van der Waals surface area contributed by atoms with E-state index in [1.54, 1.807) is 0 Å². The van der Waals surface area contributed by atoms with E-state index in [4.69, 9.17) is 4.74 Å². The van der Waals surface area contributed by atoms with Gasteiger partial charge in [-0.2, -0.15) is 31.4 Å². The first-order valence-corrected chi connectivity index (χ1v) is 10.5. The Morgan fingerprint density at radius 2 is 1.65 bits per heavy atom. The zero-order valence-corrected chi connectivity index (χ0v) is 17.7. The lowest BCUT2D eigenvalue weighted by atomic mass is 10.1. The van der Waals surface area contributed by atoms with Gasteiger partial charge in [-0.15, -0.1) is 0 Å². The molecule has 2 aliphatic heterocycles. The fourth-order valence-electron chi connectivity index (χ4n) is 4.06. The molecule has 2 fully saturated rings. The zero-order valence-electron chi connectivity index (χ0n) is 17.7. The first-order valence-electron chi connectivity index (χ1n) is 10.5. The number of hydrogen-bond acceptors (Lipinski definition) is 4. The second-order valence-electron chi connectivity index (χ2n) is 7.98. The average Bonchev–Trinajstić information content (AvgIpc) is 3.48. The van der Waals surface area contributed by atoms with Gasteiger partial charge in [-0.3, -0.25) is 9.59 Å². The number of nitrogens with zero attached hydrogens (tertiary/aromatic N) is 4. The number of hydrogen-bond donors (Lipinski definition) is 0. The molecule has 1 aromatic carbocycles. The van der Waals surface area contributed by atoms with Gasteiger partial charge in [0.1, 0.15) is 6.10 Å². The Morgan fingerprint density at radius 3 is 2.24 bits per heavy atom. The van der Waals surface area contributed by atoms with Crippen LogP contribution >= 0.6 is 0 Å². The van der Waals surface area contributed by atoms with Gasteiger partial charge in [0.05, 0.1) is 23.0 Å². The molecule has 2 aromatic rings. The molecule has 2 saturated heterocycles. The van der Waals surface area contributed by atoms with Gasteiger partial charge >= 0.3 is 12.4 Å². The molecule has 1 aromatic heterocycles. The van der Waals surface area contributed by atoms with Gasteiger partial charge in [0.25, 0.3) is 11.8 Å². The number of carbonyl (C=O) groups excluding carboxylic acids is 2. The van der Waals surface area contributed by atoms with E-state index in [0.29, 0.717) is 30.0 Å². The van der Waals surface area contributed by atoms with Gasteiger partial charge in [-0.05, 0) is 31.0 Å². The average molecular weight is 490 g/mol. The number of piperazine rings is 1. The summed E-state index contributed by atoms with van der Waals surface area (Å²) in [4.78, 5) is 28.1. The molecule has 7 nitrogen and oxygen atoms in total. The molecule has 0 spiro atoms. The summed E-state index contributed by atoms with van der Waals surface area (Å²) in [6.07, 6.45) is -8.29. The number of amides is 2. The quantitative estimate of drug-likeness (QED) is 0.619. The van der Waals surface area contributed by atoms with Crippen LogP contribution in [0.25, 0.3) is 5.69 Å². The van der Waals surface area contributed by atoms with E-state index in [0.717, 1.165) is 24.6 Å². The number of aromatic nitrogens is 2. The van der Waals surface area contributed by atoms with Crippen LogP contribution in [-0.2, 0) is 21.9 Å². The van der Waals surface area contributed by atoms with Gasteiger partial charge in [0, 0.05) is 32.8 Å². The monoisotopic (exact) mass is 490 g/mol. The van der Waals surface area contributed by atoms with Gasteiger partial charge in [-0.1, -0.05) is 6.07 Å². The largest absolute Gasteiger partial charge is 0.434 e. The van der Waals surface area contributed by atoms with Crippen LogP contribution in [0.5, 0.6) is 0 Å². The Kier molecular flexibility index (Phi) is 6.32. The first-order chi connectivity index (χ1) is 16.0. The molecular weight excluding hydrogens is 470 g/mol. The van der Waals surface area contributed by atoms with Crippen molar-refractivity contribution in [2.75, 3.05) is 32.8 Å². The molecular formula is C21H20F6N4O3. The Morgan fingerprint density at radius 1 is 0.971 bits per heavy atom. The molecule has 2 amide bonds. The van der Waals surface area contributed by atoms with Crippen LogP contribution in [0.3, 0.4) is 0 Å². The Hall–Kier alpha value is -3.09. The van der Waals surface area contributed by atoms with Crippen LogP contribution in [0.2, 0.25) is 0 Å². The minimum Gasteiger partial charge on any atom is -0.368 e. The van der Waals surface area contributed by atoms with E-state index in [1.165, 1.54) is 9.80 Å².